The Morgan fingerprint density at radius 3 is 2.48 bits per heavy atom. The standard InChI is InChI=1S/C15H21NO4S/c1-15(9-10-15)21(19,20)16-13(7-8-14(17)18)11-12-5-3-2-4-6-12/h2-6,13,16H,7-11H2,1H3,(H,17,18). The van der Waals surface area contributed by atoms with Gasteiger partial charge in [0.05, 0.1) is 4.75 Å². The summed E-state index contributed by atoms with van der Waals surface area (Å²) in [6.07, 6.45) is 2.08. The molecular formula is C15H21NO4S. The molecule has 0 saturated heterocycles. The van der Waals surface area contributed by atoms with E-state index in [9.17, 15) is 13.2 Å². The minimum atomic E-state index is -3.40. The molecule has 1 saturated carbocycles. The molecule has 0 radical (unpaired) electrons. The number of aliphatic carboxylic acids is 1. The molecule has 0 spiro atoms. The molecule has 1 fully saturated rings. The zero-order chi connectivity index (χ0) is 15.5. The summed E-state index contributed by atoms with van der Waals surface area (Å²) in [5, 5.41) is 8.82. The van der Waals surface area contributed by atoms with E-state index in [2.05, 4.69) is 4.72 Å². The van der Waals surface area contributed by atoms with E-state index >= 15 is 0 Å². The first-order valence-electron chi connectivity index (χ1n) is 7.10. The monoisotopic (exact) mass is 311 g/mol. The van der Waals surface area contributed by atoms with Crippen molar-refractivity contribution in [2.24, 2.45) is 0 Å². The van der Waals surface area contributed by atoms with Crippen molar-refractivity contribution in [2.75, 3.05) is 0 Å². The van der Waals surface area contributed by atoms with Crippen molar-refractivity contribution in [1.82, 2.24) is 4.72 Å². The van der Waals surface area contributed by atoms with Crippen LogP contribution in [0, 0.1) is 0 Å². The van der Waals surface area contributed by atoms with Gasteiger partial charge in [-0.05, 0) is 38.2 Å². The van der Waals surface area contributed by atoms with E-state index in [0.29, 0.717) is 25.7 Å². The van der Waals surface area contributed by atoms with Crippen LogP contribution in [0.25, 0.3) is 0 Å². The van der Waals surface area contributed by atoms with Crippen LogP contribution in [0.3, 0.4) is 0 Å². The first-order chi connectivity index (χ1) is 9.82. The number of carboxylic acid groups (broad SMARTS) is 1. The highest BCUT2D eigenvalue weighted by atomic mass is 32.2. The van der Waals surface area contributed by atoms with Gasteiger partial charge in [0.25, 0.3) is 0 Å². The van der Waals surface area contributed by atoms with Gasteiger partial charge in [0.15, 0.2) is 0 Å². The Morgan fingerprint density at radius 1 is 1.33 bits per heavy atom. The number of carbonyl (C=O) groups is 1. The molecule has 0 amide bonds. The predicted molar refractivity (Wildman–Crippen MR) is 80.5 cm³/mol. The van der Waals surface area contributed by atoms with Crippen molar-refractivity contribution in [1.29, 1.82) is 0 Å². The Bertz CT molecular complexity index is 593. The third-order valence-corrected chi connectivity index (χ3v) is 6.31. The number of carboxylic acids is 1. The molecule has 2 N–H and O–H groups in total. The lowest BCUT2D eigenvalue weighted by molar-refractivity contribution is -0.137. The molecule has 0 aliphatic heterocycles. The highest BCUT2D eigenvalue weighted by molar-refractivity contribution is 7.91. The fourth-order valence-corrected chi connectivity index (χ4v) is 3.77. The van der Waals surface area contributed by atoms with Gasteiger partial charge in [-0.1, -0.05) is 30.3 Å². The summed E-state index contributed by atoms with van der Waals surface area (Å²) in [4.78, 5) is 10.8. The Morgan fingerprint density at radius 2 is 1.95 bits per heavy atom. The summed E-state index contributed by atoms with van der Waals surface area (Å²) in [7, 11) is -3.40. The summed E-state index contributed by atoms with van der Waals surface area (Å²) in [6, 6.07) is 9.12. The molecule has 1 aliphatic rings. The normalized spacial score (nSPS) is 18.1. The van der Waals surface area contributed by atoms with Crippen LogP contribution in [0.2, 0.25) is 0 Å². The van der Waals surface area contributed by atoms with Crippen LogP contribution in [-0.2, 0) is 21.2 Å². The van der Waals surface area contributed by atoms with Gasteiger partial charge in [-0.2, -0.15) is 0 Å². The molecule has 2 rings (SSSR count). The minimum absolute atomic E-state index is 0.0449. The lowest BCUT2D eigenvalue weighted by Crippen LogP contribution is -2.42. The van der Waals surface area contributed by atoms with Gasteiger partial charge in [0, 0.05) is 12.5 Å². The minimum Gasteiger partial charge on any atom is -0.481 e. The van der Waals surface area contributed by atoms with Crippen molar-refractivity contribution in [2.45, 2.75) is 49.8 Å². The van der Waals surface area contributed by atoms with Crippen LogP contribution in [0.15, 0.2) is 30.3 Å². The molecule has 6 heteroatoms. The molecular weight excluding hydrogens is 290 g/mol. The average molecular weight is 311 g/mol. The lowest BCUT2D eigenvalue weighted by Gasteiger charge is -2.21. The molecule has 1 unspecified atom stereocenters. The zero-order valence-corrected chi connectivity index (χ0v) is 12.9. The Labute approximate surface area is 125 Å². The van der Waals surface area contributed by atoms with Gasteiger partial charge in [-0.3, -0.25) is 4.79 Å². The van der Waals surface area contributed by atoms with Crippen LogP contribution >= 0.6 is 0 Å². The van der Waals surface area contributed by atoms with Crippen LogP contribution in [0.1, 0.15) is 38.2 Å². The van der Waals surface area contributed by atoms with E-state index in [0.717, 1.165) is 5.56 Å². The lowest BCUT2D eigenvalue weighted by atomic mass is 10.0. The summed E-state index contributed by atoms with van der Waals surface area (Å²) < 4.78 is 26.6. The summed E-state index contributed by atoms with van der Waals surface area (Å²) in [6.45, 7) is 1.73. The molecule has 1 aromatic carbocycles. The maximum atomic E-state index is 12.3. The summed E-state index contributed by atoms with van der Waals surface area (Å²) in [5.74, 6) is -0.912. The third-order valence-electron chi connectivity index (χ3n) is 3.96. The molecule has 0 aromatic heterocycles. The van der Waals surface area contributed by atoms with E-state index in [1.807, 2.05) is 30.3 Å². The number of rotatable bonds is 8. The topological polar surface area (TPSA) is 83.5 Å². The van der Waals surface area contributed by atoms with Gasteiger partial charge in [0.2, 0.25) is 10.0 Å². The van der Waals surface area contributed by atoms with E-state index in [1.54, 1.807) is 6.92 Å². The van der Waals surface area contributed by atoms with Gasteiger partial charge in [0.1, 0.15) is 0 Å². The second kappa shape index (κ2) is 6.15. The first kappa shape index (κ1) is 16.0. The van der Waals surface area contributed by atoms with E-state index < -0.39 is 20.7 Å². The molecule has 5 nitrogen and oxygen atoms in total. The van der Waals surface area contributed by atoms with Crippen molar-refractivity contribution >= 4 is 16.0 Å². The van der Waals surface area contributed by atoms with Gasteiger partial charge in [-0.25, -0.2) is 13.1 Å². The van der Waals surface area contributed by atoms with E-state index in [1.165, 1.54) is 0 Å². The molecule has 21 heavy (non-hydrogen) atoms. The number of hydrogen-bond acceptors (Lipinski definition) is 3. The maximum absolute atomic E-state index is 12.3. The second-order valence-electron chi connectivity index (χ2n) is 5.89. The van der Waals surface area contributed by atoms with E-state index in [4.69, 9.17) is 5.11 Å². The third kappa shape index (κ3) is 4.28. The highest BCUT2D eigenvalue weighted by Gasteiger charge is 2.50. The molecule has 1 aromatic rings. The quantitative estimate of drug-likeness (QED) is 0.768. The van der Waals surface area contributed by atoms with Gasteiger partial charge >= 0.3 is 5.97 Å². The van der Waals surface area contributed by atoms with Crippen molar-refractivity contribution in [3.05, 3.63) is 35.9 Å². The molecule has 116 valence electrons. The average Bonchev–Trinajstić information content (AvgIpc) is 3.17. The molecule has 1 atom stereocenters. The molecule has 0 heterocycles. The Hall–Kier alpha value is -1.40. The number of benzene rings is 1. The largest absolute Gasteiger partial charge is 0.481 e. The van der Waals surface area contributed by atoms with E-state index in [-0.39, 0.29) is 12.5 Å². The predicted octanol–water partition coefficient (Wildman–Crippen LogP) is 1.93. The number of hydrogen-bond donors (Lipinski definition) is 2. The Balaban J connectivity index is 2.06. The number of nitrogens with one attached hydrogen (secondary N) is 1. The SMILES string of the molecule is CC1(S(=O)(=O)NC(CCC(=O)O)Cc2ccccc2)CC1. The first-order valence-corrected chi connectivity index (χ1v) is 8.58. The molecule has 1 aliphatic carbocycles. The summed E-state index contributed by atoms with van der Waals surface area (Å²) >= 11 is 0. The van der Waals surface area contributed by atoms with Crippen molar-refractivity contribution in [3.63, 3.8) is 0 Å². The van der Waals surface area contributed by atoms with Crippen molar-refractivity contribution < 1.29 is 18.3 Å². The number of sulfonamides is 1. The van der Waals surface area contributed by atoms with Crippen LogP contribution in [-0.4, -0.2) is 30.3 Å². The molecule has 0 bridgehead atoms. The highest BCUT2D eigenvalue weighted by Crippen LogP contribution is 2.42. The smallest absolute Gasteiger partial charge is 0.303 e. The van der Waals surface area contributed by atoms with Crippen molar-refractivity contribution in [3.8, 4) is 0 Å². The fourth-order valence-electron chi connectivity index (χ4n) is 2.21. The summed E-state index contributed by atoms with van der Waals surface area (Å²) in [5.41, 5.74) is 0.997. The van der Waals surface area contributed by atoms with Gasteiger partial charge < -0.3 is 5.11 Å². The maximum Gasteiger partial charge on any atom is 0.303 e. The van der Waals surface area contributed by atoms with Crippen LogP contribution < -0.4 is 4.72 Å². The Kier molecular flexibility index (Phi) is 4.68. The zero-order valence-electron chi connectivity index (χ0n) is 12.1. The van der Waals surface area contributed by atoms with Gasteiger partial charge in [-0.15, -0.1) is 0 Å². The van der Waals surface area contributed by atoms with Crippen LogP contribution in [0.4, 0.5) is 0 Å². The fraction of sp³-hybridized carbons (Fsp3) is 0.533. The van der Waals surface area contributed by atoms with Crippen LogP contribution in [0.5, 0.6) is 0 Å². The second-order valence-corrected chi connectivity index (χ2v) is 8.12.